The van der Waals surface area contributed by atoms with Gasteiger partial charge in [-0.15, -0.1) is 11.3 Å². The number of rotatable bonds is 6. The number of hydrogen-bond acceptors (Lipinski definition) is 8. The lowest BCUT2D eigenvalue weighted by atomic mass is 10.2. The molecule has 0 radical (unpaired) electrons. The molecule has 8 nitrogen and oxygen atoms in total. The highest BCUT2D eigenvalue weighted by Crippen LogP contribution is 2.32. The Morgan fingerprint density at radius 2 is 2.19 bits per heavy atom. The highest BCUT2D eigenvalue weighted by Gasteiger charge is 2.22. The van der Waals surface area contributed by atoms with Crippen LogP contribution in [0.5, 0.6) is 5.75 Å². The zero-order valence-corrected chi connectivity index (χ0v) is 15.5. The number of carbonyl (C=O) groups is 1. The van der Waals surface area contributed by atoms with Gasteiger partial charge in [0.15, 0.2) is 0 Å². The van der Waals surface area contributed by atoms with Crippen molar-refractivity contribution in [2.24, 2.45) is 0 Å². The maximum Gasteiger partial charge on any atom is 0.296 e. The summed E-state index contributed by atoms with van der Waals surface area (Å²) in [7, 11) is 1.42. The minimum absolute atomic E-state index is 0.122. The van der Waals surface area contributed by atoms with Gasteiger partial charge in [0.25, 0.3) is 5.69 Å². The molecule has 1 amide bonds. The summed E-state index contributed by atoms with van der Waals surface area (Å²) in [5, 5.41) is 16.8. The summed E-state index contributed by atoms with van der Waals surface area (Å²) in [4.78, 5) is 32.4. The van der Waals surface area contributed by atoms with Crippen molar-refractivity contribution in [2.75, 3.05) is 12.4 Å². The summed E-state index contributed by atoms with van der Waals surface area (Å²) < 4.78 is 4.99. The zero-order chi connectivity index (χ0) is 18.7. The molecule has 0 unspecified atom stereocenters. The number of fused-ring (bicyclic) bond motifs is 1. The molecule has 2 aromatic heterocycles. The van der Waals surface area contributed by atoms with E-state index in [2.05, 4.69) is 15.3 Å². The molecule has 0 saturated heterocycles. The third-order valence-electron chi connectivity index (χ3n) is 3.54. The van der Waals surface area contributed by atoms with Crippen molar-refractivity contribution in [1.82, 2.24) is 9.97 Å². The first kappa shape index (κ1) is 18.1. The molecule has 1 N–H and O–H groups in total. The molecule has 3 rings (SSSR count). The van der Waals surface area contributed by atoms with Crippen LogP contribution in [0.4, 0.5) is 11.4 Å². The van der Waals surface area contributed by atoms with Crippen molar-refractivity contribution in [2.45, 2.75) is 17.2 Å². The summed E-state index contributed by atoms with van der Waals surface area (Å²) in [5.74, 6) is -0.0109. The number of hydrogen-bond donors (Lipinski definition) is 1. The normalized spacial score (nSPS) is 11.9. The predicted octanol–water partition coefficient (Wildman–Crippen LogP) is 3.73. The van der Waals surface area contributed by atoms with Crippen molar-refractivity contribution < 1.29 is 14.5 Å². The second-order valence-electron chi connectivity index (χ2n) is 5.21. The molecule has 26 heavy (non-hydrogen) atoms. The number of thioether (sulfide) groups is 1. The molecule has 0 aliphatic rings. The maximum atomic E-state index is 12.5. The fourth-order valence-electron chi connectivity index (χ4n) is 2.21. The van der Waals surface area contributed by atoms with Gasteiger partial charge in [0.2, 0.25) is 5.91 Å². The Labute approximate surface area is 156 Å². The summed E-state index contributed by atoms with van der Waals surface area (Å²) in [6.07, 6.45) is 1.46. The van der Waals surface area contributed by atoms with Crippen molar-refractivity contribution in [3.05, 3.63) is 46.1 Å². The average Bonchev–Trinajstić information content (AvgIpc) is 3.11. The highest BCUT2D eigenvalue weighted by atomic mass is 32.2. The van der Waals surface area contributed by atoms with Crippen LogP contribution in [0.15, 0.2) is 41.0 Å². The van der Waals surface area contributed by atoms with Gasteiger partial charge in [0.05, 0.1) is 23.3 Å². The van der Waals surface area contributed by atoms with E-state index in [1.807, 2.05) is 11.4 Å². The Morgan fingerprint density at radius 1 is 1.38 bits per heavy atom. The van der Waals surface area contributed by atoms with Gasteiger partial charge in [0.1, 0.15) is 27.6 Å². The van der Waals surface area contributed by atoms with Crippen LogP contribution in [0.1, 0.15) is 6.92 Å². The Morgan fingerprint density at radius 3 is 2.92 bits per heavy atom. The largest absolute Gasteiger partial charge is 0.496 e. The first-order valence-electron chi connectivity index (χ1n) is 7.47. The second-order valence-corrected chi connectivity index (χ2v) is 7.43. The lowest BCUT2D eigenvalue weighted by Gasteiger charge is -2.12. The molecule has 1 aromatic carbocycles. The molecule has 2 heterocycles. The third kappa shape index (κ3) is 3.75. The number of benzene rings is 1. The highest BCUT2D eigenvalue weighted by molar-refractivity contribution is 8.00. The molecule has 10 heteroatoms. The summed E-state index contributed by atoms with van der Waals surface area (Å²) >= 11 is 2.77. The number of thiophene rings is 1. The topological polar surface area (TPSA) is 107 Å². The summed E-state index contributed by atoms with van der Waals surface area (Å²) in [6, 6.07) is 6.18. The van der Waals surface area contributed by atoms with E-state index in [4.69, 9.17) is 4.74 Å². The van der Waals surface area contributed by atoms with E-state index >= 15 is 0 Å². The van der Waals surface area contributed by atoms with E-state index in [1.165, 1.54) is 48.7 Å². The minimum atomic E-state index is -0.560. The first-order valence-corrected chi connectivity index (χ1v) is 9.23. The molecule has 0 aliphatic heterocycles. The van der Waals surface area contributed by atoms with Crippen LogP contribution in [0.25, 0.3) is 10.2 Å². The Kier molecular flexibility index (Phi) is 5.33. The smallest absolute Gasteiger partial charge is 0.296 e. The van der Waals surface area contributed by atoms with Gasteiger partial charge in [-0.1, -0.05) is 11.8 Å². The van der Waals surface area contributed by atoms with Crippen LogP contribution in [-0.4, -0.2) is 33.2 Å². The number of nitro groups is 1. The molecule has 3 aromatic rings. The van der Waals surface area contributed by atoms with Gasteiger partial charge in [-0.05, 0) is 30.5 Å². The molecule has 1 atom stereocenters. The number of nitrogens with one attached hydrogen (secondary N) is 1. The molecule has 134 valence electrons. The van der Waals surface area contributed by atoms with Gasteiger partial charge in [0, 0.05) is 5.39 Å². The summed E-state index contributed by atoms with van der Waals surface area (Å²) in [6.45, 7) is 1.72. The number of carbonyl (C=O) groups excluding carboxylic acids is 1. The number of ether oxygens (including phenoxy) is 1. The fraction of sp³-hybridized carbons (Fsp3) is 0.188. The zero-order valence-electron chi connectivity index (χ0n) is 13.8. The number of nitrogens with zero attached hydrogens (tertiary/aromatic N) is 3. The van der Waals surface area contributed by atoms with E-state index in [0.29, 0.717) is 10.8 Å². The number of anilines is 1. The van der Waals surface area contributed by atoms with Gasteiger partial charge < -0.3 is 10.1 Å². The predicted molar refractivity (Wildman–Crippen MR) is 101 cm³/mol. The molecule has 0 saturated carbocycles. The lowest BCUT2D eigenvalue weighted by Crippen LogP contribution is -2.23. The van der Waals surface area contributed by atoms with Crippen LogP contribution < -0.4 is 10.1 Å². The third-order valence-corrected chi connectivity index (χ3v) is 5.48. The molecule has 0 aliphatic carbocycles. The van der Waals surface area contributed by atoms with Gasteiger partial charge in [-0.2, -0.15) is 0 Å². The molecule has 0 bridgehead atoms. The van der Waals surface area contributed by atoms with E-state index < -0.39 is 10.2 Å². The molecular weight excluding hydrogens is 376 g/mol. The Bertz CT molecular complexity index is 976. The Balaban J connectivity index is 1.77. The van der Waals surface area contributed by atoms with Crippen LogP contribution in [-0.2, 0) is 4.79 Å². The fourth-order valence-corrected chi connectivity index (χ4v) is 3.91. The van der Waals surface area contributed by atoms with Crippen LogP contribution in [0.2, 0.25) is 0 Å². The van der Waals surface area contributed by atoms with E-state index in [0.717, 1.165) is 10.2 Å². The molecular formula is C16H14N4O4S2. The van der Waals surface area contributed by atoms with E-state index in [-0.39, 0.29) is 17.3 Å². The maximum absolute atomic E-state index is 12.5. The SMILES string of the molecule is COc1ccc(NC(=O)[C@H](C)Sc2ncnc3sccc23)c([N+](=O)[O-])c1. The van der Waals surface area contributed by atoms with Crippen molar-refractivity contribution >= 4 is 50.6 Å². The van der Waals surface area contributed by atoms with E-state index in [1.54, 1.807) is 13.0 Å². The van der Waals surface area contributed by atoms with Gasteiger partial charge in [-0.25, -0.2) is 9.97 Å². The van der Waals surface area contributed by atoms with E-state index in [9.17, 15) is 14.9 Å². The lowest BCUT2D eigenvalue weighted by molar-refractivity contribution is -0.384. The van der Waals surface area contributed by atoms with Crippen LogP contribution in [0.3, 0.4) is 0 Å². The minimum Gasteiger partial charge on any atom is -0.496 e. The number of amides is 1. The van der Waals surface area contributed by atoms with Gasteiger partial charge in [-0.3, -0.25) is 14.9 Å². The first-order chi connectivity index (χ1) is 12.5. The van der Waals surface area contributed by atoms with Gasteiger partial charge >= 0.3 is 0 Å². The van der Waals surface area contributed by atoms with Crippen molar-refractivity contribution in [3.8, 4) is 5.75 Å². The number of nitro benzene ring substituents is 1. The monoisotopic (exact) mass is 390 g/mol. The van der Waals surface area contributed by atoms with Crippen LogP contribution in [0, 0.1) is 10.1 Å². The second kappa shape index (κ2) is 7.67. The number of methoxy groups -OCH3 is 1. The molecule has 0 spiro atoms. The quantitative estimate of drug-likeness (QED) is 0.296. The number of aromatic nitrogens is 2. The standard InChI is InChI=1S/C16H14N4O4S2/c1-9(26-16-11-5-6-25-15(11)17-8-18-16)14(21)19-12-4-3-10(24-2)7-13(12)20(22)23/h3-9H,1-2H3,(H,19,21)/t9-/m0/s1. The van der Waals surface area contributed by atoms with Crippen molar-refractivity contribution in [3.63, 3.8) is 0 Å². The van der Waals surface area contributed by atoms with Crippen LogP contribution >= 0.6 is 23.1 Å². The summed E-state index contributed by atoms with van der Waals surface area (Å²) in [5.41, 5.74) is -0.103. The van der Waals surface area contributed by atoms with Crippen molar-refractivity contribution in [1.29, 1.82) is 0 Å². The Hall–Kier alpha value is -2.72. The average molecular weight is 390 g/mol. The molecule has 0 fully saturated rings.